The van der Waals surface area contributed by atoms with E-state index in [9.17, 15) is 18.8 Å². The highest BCUT2D eigenvalue weighted by molar-refractivity contribution is 5.98. The van der Waals surface area contributed by atoms with Crippen molar-refractivity contribution in [1.29, 1.82) is 0 Å². The number of hydrogen-bond acceptors (Lipinski definition) is 3. The summed E-state index contributed by atoms with van der Waals surface area (Å²) in [4.78, 5) is 35.7. The molecule has 0 radical (unpaired) electrons. The lowest BCUT2D eigenvalue weighted by Gasteiger charge is -2.21. The lowest BCUT2D eigenvalue weighted by molar-refractivity contribution is -0.141. The van der Waals surface area contributed by atoms with Crippen molar-refractivity contribution in [2.75, 3.05) is 11.9 Å². The van der Waals surface area contributed by atoms with Crippen LogP contribution in [0.1, 0.15) is 30.1 Å². The monoisotopic (exact) mass is 294 g/mol. The Labute approximate surface area is 120 Å². The van der Waals surface area contributed by atoms with Crippen molar-refractivity contribution in [1.82, 2.24) is 4.90 Å². The second-order valence-electron chi connectivity index (χ2n) is 4.87. The quantitative estimate of drug-likeness (QED) is 0.884. The summed E-state index contributed by atoms with van der Waals surface area (Å²) in [5.41, 5.74) is 0.0488. The predicted molar refractivity (Wildman–Crippen MR) is 72.4 cm³/mol. The maximum Gasteiger partial charge on any atom is 0.326 e. The first kappa shape index (κ1) is 15.0. The molecular weight excluding hydrogens is 279 g/mol. The molecule has 1 heterocycles. The van der Waals surface area contributed by atoms with Crippen LogP contribution in [0.25, 0.3) is 0 Å². The van der Waals surface area contributed by atoms with Crippen molar-refractivity contribution in [3.63, 3.8) is 0 Å². The number of likely N-dealkylation sites (tertiary alicyclic amines) is 1. The van der Waals surface area contributed by atoms with Crippen LogP contribution in [0.4, 0.5) is 10.1 Å². The van der Waals surface area contributed by atoms with E-state index in [1.54, 1.807) is 0 Å². The van der Waals surface area contributed by atoms with E-state index in [4.69, 9.17) is 5.11 Å². The molecule has 1 atom stereocenters. The molecule has 1 aliphatic rings. The summed E-state index contributed by atoms with van der Waals surface area (Å²) in [6.07, 6.45) is 1.02. The molecule has 1 fully saturated rings. The zero-order valence-corrected chi connectivity index (χ0v) is 11.4. The molecule has 0 unspecified atom stereocenters. The number of carboxylic acids is 1. The topological polar surface area (TPSA) is 86.7 Å². The number of hydrogen-bond donors (Lipinski definition) is 2. The minimum Gasteiger partial charge on any atom is -0.480 e. The van der Waals surface area contributed by atoms with Crippen LogP contribution >= 0.6 is 0 Å². The van der Waals surface area contributed by atoms with Gasteiger partial charge in [-0.2, -0.15) is 0 Å². The molecule has 0 aliphatic carbocycles. The van der Waals surface area contributed by atoms with E-state index in [1.807, 2.05) is 0 Å². The maximum atomic E-state index is 13.5. The molecule has 0 bridgehead atoms. The van der Waals surface area contributed by atoms with E-state index in [1.165, 1.54) is 24.0 Å². The number of aliphatic carboxylic acids is 1. The highest BCUT2D eigenvalue weighted by atomic mass is 19.1. The van der Waals surface area contributed by atoms with Crippen molar-refractivity contribution >= 4 is 23.5 Å². The Hall–Kier alpha value is -2.44. The molecule has 112 valence electrons. The van der Waals surface area contributed by atoms with E-state index in [2.05, 4.69) is 5.32 Å². The second-order valence-corrected chi connectivity index (χ2v) is 4.87. The molecule has 7 heteroatoms. The SMILES string of the molecule is CC(=O)Nc1cc(C(=O)N2CCC[C@@H]2C(=O)O)ccc1F. The molecule has 0 saturated carbocycles. The second kappa shape index (κ2) is 5.90. The van der Waals surface area contributed by atoms with Gasteiger partial charge in [-0.25, -0.2) is 9.18 Å². The van der Waals surface area contributed by atoms with Gasteiger partial charge in [-0.15, -0.1) is 0 Å². The third-order valence-corrected chi connectivity index (χ3v) is 3.32. The number of anilines is 1. The van der Waals surface area contributed by atoms with E-state index in [0.717, 1.165) is 6.07 Å². The third-order valence-electron chi connectivity index (χ3n) is 3.32. The molecule has 1 aliphatic heterocycles. The first-order valence-electron chi connectivity index (χ1n) is 6.51. The van der Waals surface area contributed by atoms with Gasteiger partial charge < -0.3 is 15.3 Å². The Morgan fingerprint density at radius 2 is 2.10 bits per heavy atom. The maximum absolute atomic E-state index is 13.5. The highest BCUT2D eigenvalue weighted by Gasteiger charge is 2.34. The zero-order valence-electron chi connectivity index (χ0n) is 11.4. The van der Waals surface area contributed by atoms with E-state index < -0.39 is 29.6 Å². The van der Waals surface area contributed by atoms with E-state index >= 15 is 0 Å². The van der Waals surface area contributed by atoms with Crippen molar-refractivity contribution < 1.29 is 23.9 Å². The summed E-state index contributed by atoms with van der Waals surface area (Å²) in [6.45, 7) is 1.58. The van der Waals surface area contributed by atoms with Crippen LogP contribution < -0.4 is 5.32 Å². The van der Waals surface area contributed by atoms with E-state index in [0.29, 0.717) is 19.4 Å². The molecule has 0 aromatic heterocycles. The van der Waals surface area contributed by atoms with Crippen LogP contribution in [0.3, 0.4) is 0 Å². The van der Waals surface area contributed by atoms with Gasteiger partial charge in [-0.3, -0.25) is 9.59 Å². The number of halogens is 1. The highest BCUT2D eigenvalue weighted by Crippen LogP contribution is 2.23. The normalized spacial score (nSPS) is 17.6. The summed E-state index contributed by atoms with van der Waals surface area (Å²) in [6, 6.07) is 2.72. The standard InChI is InChI=1S/C14H15FN2O4/c1-8(18)16-11-7-9(4-5-10(11)15)13(19)17-6-2-3-12(17)14(20)21/h4-5,7,12H,2-3,6H2,1H3,(H,16,18)(H,20,21)/t12-/m1/s1. The van der Waals surface area contributed by atoms with Crippen LogP contribution in [-0.2, 0) is 9.59 Å². The minimum atomic E-state index is -1.05. The summed E-state index contributed by atoms with van der Waals surface area (Å²) in [5.74, 6) is -2.64. The fraction of sp³-hybridized carbons (Fsp3) is 0.357. The largest absolute Gasteiger partial charge is 0.480 e. The Balaban J connectivity index is 2.27. The van der Waals surface area contributed by atoms with Gasteiger partial charge in [-0.1, -0.05) is 0 Å². The van der Waals surface area contributed by atoms with Gasteiger partial charge in [0, 0.05) is 19.0 Å². The average molecular weight is 294 g/mol. The van der Waals surface area contributed by atoms with Gasteiger partial charge in [0.2, 0.25) is 5.91 Å². The summed E-state index contributed by atoms with van der Waals surface area (Å²) < 4.78 is 13.5. The summed E-state index contributed by atoms with van der Waals surface area (Å²) >= 11 is 0. The summed E-state index contributed by atoms with van der Waals surface area (Å²) in [5, 5.41) is 11.4. The van der Waals surface area contributed by atoms with Crippen molar-refractivity contribution in [3.05, 3.63) is 29.6 Å². The van der Waals surface area contributed by atoms with Crippen LogP contribution in [0.2, 0.25) is 0 Å². The van der Waals surface area contributed by atoms with Gasteiger partial charge in [0.1, 0.15) is 11.9 Å². The van der Waals surface area contributed by atoms with Gasteiger partial charge >= 0.3 is 5.97 Å². The molecule has 2 N–H and O–H groups in total. The molecule has 1 aromatic carbocycles. The number of benzene rings is 1. The molecule has 21 heavy (non-hydrogen) atoms. The fourth-order valence-corrected chi connectivity index (χ4v) is 2.38. The molecular formula is C14H15FN2O4. The molecule has 2 amide bonds. The smallest absolute Gasteiger partial charge is 0.326 e. The Morgan fingerprint density at radius 3 is 2.71 bits per heavy atom. The number of nitrogens with one attached hydrogen (secondary N) is 1. The van der Waals surface area contributed by atoms with Crippen LogP contribution in [0.15, 0.2) is 18.2 Å². The zero-order chi connectivity index (χ0) is 15.6. The summed E-state index contributed by atoms with van der Waals surface area (Å²) in [7, 11) is 0. The molecule has 0 spiro atoms. The fourth-order valence-electron chi connectivity index (χ4n) is 2.38. The lowest BCUT2D eigenvalue weighted by atomic mass is 10.1. The number of carbonyl (C=O) groups is 3. The number of nitrogens with zero attached hydrogens (tertiary/aromatic N) is 1. The number of rotatable bonds is 3. The molecule has 6 nitrogen and oxygen atoms in total. The van der Waals surface area contributed by atoms with Crippen molar-refractivity contribution in [3.8, 4) is 0 Å². The van der Waals surface area contributed by atoms with Crippen LogP contribution in [-0.4, -0.2) is 40.4 Å². The predicted octanol–water partition coefficient (Wildman–Crippen LogP) is 1.47. The van der Waals surface area contributed by atoms with Gasteiger partial charge in [0.25, 0.3) is 5.91 Å². The first-order valence-corrected chi connectivity index (χ1v) is 6.51. The first-order chi connectivity index (χ1) is 9.90. The number of carbonyl (C=O) groups excluding carboxylic acids is 2. The molecule has 1 aromatic rings. The van der Waals surface area contributed by atoms with Crippen molar-refractivity contribution in [2.45, 2.75) is 25.8 Å². The van der Waals surface area contributed by atoms with Crippen molar-refractivity contribution in [2.24, 2.45) is 0 Å². The van der Waals surface area contributed by atoms with Crippen LogP contribution in [0, 0.1) is 5.82 Å². The van der Waals surface area contributed by atoms with E-state index in [-0.39, 0.29) is 11.3 Å². The lowest BCUT2D eigenvalue weighted by Crippen LogP contribution is -2.40. The Morgan fingerprint density at radius 1 is 1.38 bits per heavy atom. The number of carboxylic acid groups (broad SMARTS) is 1. The Bertz CT molecular complexity index is 603. The Kier molecular flexibility index (Phi) is 4.21. The minimum absolute atomic E-state index is 0.0978. The van der Waals surface area contributed by atoms with Gasteiger partial charge in [0.15, 0.2) is 0 Å². The average Bonchev–Trinajstić information content (AvgIpc) is 2.89. The van der Waals surface area contributed by atoms with Gasteiger partial charge in [-0.05, 0) is 31.0 Å². The molecule has 1 saturated heterocycles. The number of amides is 2. The van der Waals surface area contributed by atoms with Gasteiger partial charge in [0.05, 0.1) is 5.69 Å². The molecule has 2 rings (SSSR count). The van der Waals surface area contributed by atoms with Crippen LogP contribution in [0.5, 0.6) is 0 Å². The third kappa shape index (κ3) is 3.18.